The van der Waals surface area contributed by atoms with Gasteiger partial charge in [-0.3, -0.25) is 14.8 Å². The number of carbonyl (C=O) groups is 1. The van der Waals surface area contributed by atoms with Crippen LogP contribution in [0.4, 0.5) is 17.3 Å². The van der Waals surface area contributed by atoms with E-state index in [1.807, 2.05) is 42.5 Å². The number of aliphatic hydroxyl groups is 1. The number of hydrogen-bond donors (Lipinski definition) is 3. The van der Waals surface area contributed by atoms with Crippen molar-refractivity contribution in [1.82, 2.24) is 15.0 Å². The summed E-state index contributed by atoms with van der Waals surface area (Å²) in [6, 6.07) is 9.89. The number of rotatable bonds is 9. The first-order chi connectivity index (χ1) is 19.3. The highest BCUT2D eigenvalue weighted by Gasteiger charge is 2.27. The fraction of sp³-hybridized carbons (Fsp3) is 0.355. The van der Waals surface area contributed by atoms with E-state index >= 15 is 0 Å². The van der Waals surface area contributed by atoms with Crippen LogP contribution in [-0.4, -0.2) is 50.3 Å². The van der Waals surface area contributed by atoms with Crippen LogP contribution < -0.4 is 10.2 Å². The molecular formula is C31H35N5O4. The smallest absolute Gasteiger partial charge is 0.309 e. The van der Waals surface area contributed by atoms with Crippen LogP contribution in [0.5, 0.6) is 0 Å². The normalized spacial score (nSPS) is 17.6. The molecule has 208 valence electrons. The van der Waals surface area contributed by atoms with Crippen molar-refractivity contribution in [1.29, 1.82) is 0 Å². The second-order valence-corrected chi connectivity index (χ2v) is 11.0. The number of pyridine rings is 1. The molecule has 3 aromatic rings. The van der Waals surface area contributed by atoms with Crippen molar-refractivity contribution in [3.05, 3.63) is 84.4 Å². The standard InChI is InChI=1S/C31H35N5O4/c1-31(2,30(38)39)15-21-7-5-8-22(13-21)23-14-24(17-32-16-23)34-28-18-33-19-29(35-28)36-12-6-9-25(20-36)40-27-11-4-3-10-26(27)37/h4-5,7-8,11,13-14,16-19,25,37H,3,6,9-10,12,15,20H2,1-2H3,(H,34,35)(H,38,39). The minimum Gasteiger partial charge on any atom is -0.508 e. The second-order valence-electron chi connectivity index (χ2n) is 11.0. The van der Waals surface area contributed by atoms with Crippen LogP contribution in [0.1, 0.15) is 45.1 Å². The number of nitrogens with one attached hydrogen (secondary N) is 1. The number of aliphatic hydroxyl groups excluding tert-OH is 1. The molecule has 0 bridgehead atoms. The van der Waals surface area contributed by atoms with Gasteiger partial charge in [-0.05, 0) is 62.8 Å². The highest BCUT2D eigenvalue weighted by Crippen LogP contribution is 2.29. The Bertz CT molecular complexity index is 1430. The van der Waals surface area contributed by atoms with Crippen molar-refractivity contribution < 1.29 is 19.7 Å². The minimum absolute atomic E-state index is 0.0372. The first kappa shape index (κ1) is 27.2. The molecule has 1 aromatic carbocycles. The van der Waals surface area contributed by atoms with Gasteiger partial charge >= 0.3 is 5.97 Å². The zero-order chi connectivity index (χ0) is 28.1. The fourth-order valence-corrected chi connectivity index (χ4v) is 4.99. The molecule has 9 nitrogen and oxygen atoms in total. The number of aliphatic carboxylic acids is 1. The van der Waals surface area contributed by atoms with Gasteiger partial charge in [0.2, 0.25) is 0 Å². The maximum atomic E-state index is 11.6. The zero-order valence-electron chi connectivity index (χ0n) is 22.9. The molecule has 1 atom stereocenters. The first-order valence-electron chi connectivity index (χ1n) is 13.6. The molecule has 3 heterocycles. The Hall–Kier alpha value is -4.40. The Labute approximate surface area is 234 Å². The fourth-order valence-electron chi connectivity index (χ4n) is 4.99. The number of carboxylic acids is 1. The molecule has 1 fully saturated rings. The van der Waals surface area contributed by atoms with Crippen molar-refractivity contribution in [2.24, 2.45) is 5.41 Å². The number of aromatic nitrogens is 3. The van der Waals surface area contributed by atoms with Crippen LogP contribution in [0.2, 0.25) is 0 Å². The zero-order valence-corrected chi connectivity index (χ0v) is 22.9. The Morgan fingerprint density at radius 2 is 2.00 bits per heavy atom. The van der Waals surface area contributed by atoms with Crippen LogP contribution >= 0.6 is 0 Å². The summed E-state index contributed by atoms with van der Waals surface area (Å²) in [6.07, 6.45) is 14.6. The number of benzene rings is 1. The first-order valence-corrected chi connectivity index (χ1v) is 13.6. The molecule has 0 spiro atoms. The van der Waals surface area contributed by atoms with E-state index in [-0.39, 0.29) is 6.10 Å². The predicted octanol–water partition coefficient (Wildman–Crippen LogP) is 6.04. The third kappa shape index (κ3) is 6.59. The predicted molar refractivity (Wildman–Crippen MR) is 154 cm³/mol. The Balaban J connectivity index is 1.27. The average Bonchev–Trinajstić information content (AvgIpc) is 2.95. The molecule has 2 aliphatic rings. The lowest BCUT2D eigenvalue weighted by Gasteiger charge is -2.34. The van der Waals surface area contributed by atoms with Crippen LogP contribution in [-0.2, 0) is 16.0 Å². The second kappa shape index (κ2) is 11.8. The quantitative estimate of drug-likeness (QED) is 0.298. The molecule has 1 aliphatic heterocycles. The summed E-state index contributed by atoms with van der Waals surface area (Å²) in [6.45, 7) is 4.98. The van der Waals surface area contributed by atoms with Gasteiger partial charge in [0, 0.05) is 24.7 Å². The SMILES string of the molecule is CC(C)(Cc1cccc(-c2cncc(Nc3cncc(N4CCCC(OC5=C(O)CCC=C5)C4)n3)c2)c1)C(=O)O. The summed E-state index contributed by atoms with van der Waals surface area (Å²) in [5.41, 5.74) is 2.75. The van der Waals surface area contributed by atoms with E-state index in [2.05, 4.69) is 20.2 Å². The summed E-state index contributed by atoms with van der Waals surface area (Å²) < 4.78 is 6.12. The van der Waals surface area contributed by atoms with Gasteiger partial charge < -0.3 is 25.2 Å². The van der Waals surface area contributed by atoms with Crippen molar-refractivity contribution >= 4 is 23.3 Å². The summed E-state index contributed by atoms with van der Waals surface area (Å²) in [4.78, 5) is 27.4. The van der Waals surface area contributed by atoms with E-state index in [0.717, 1.165) is 54.0 Å². The van der Waals surface area contributed by atoms with E-state index in [1.54, 1.807) is 38.6 Å². The molecule has 0 radical (unpaired) electrons. The average molecular weight is 542 g/mol. The molecular weight excluding hydrogens is 506 g/mol. The van der Waals surface area contributed by atoms with Gasteiger partial charge in [-0.2, -0.15) is 0 Å². The number of carboxylic acid groups (broad SMARTS) is 1. The Morgan fingerprint density at radius 1 is 1.15 bits per heavy atom. The van der Waals surface area contributed by atoms with Crippen molar-refractivity contribution in [3.8, 4) is 11.1 Å². The van der Waals surface area contributed by atoms with Crippen LogP contribution in [0.15, 0.2) is 78.8 Å². The van der Waals surface area contributed by atoms with Gasteiger partial charge in [-0.15, -0.1) is 0 Å². The number of piperidine rings is 1. The third-order valence-corrected chi connectivity index (χ3v) is 7.22. The number of hydrogen-bond acceptors (Lipinski definition) is 8. The monoisotopic (exact) mass is 541 g/mol. The number of anilines is 3. The van der Waals surface area contributed by atoms with Crippen molar-refractivity contribution in [2.45, 2.75) is 52.1 Å². The van der Waals surface area contributed by atoms with Crippen LogP contribution in [0.25, 0.3) is 11.1 Å². The maximum absolute atomic E-state index is 11.6. The maximum Gasteiger partial charge on any atom is 0.309 e. The molecule has 9 heteroatoms. The van der Waals surface area contributed by atoms with Gasteiger partial charge in [-0.1, -0.05) is 30.3 Å². The number of allylic oxidation sites excluding steroid dienone is 3. The number of ether oxygens (including phenoxy) is 1. The van der Waals surface area contributed by atoms with E-state index in [4.69, 9.17) is 9.72 Å². The van der Waals surface area contributed by atoms with Gasteiger partial charge in [0.15, 0.2) is 11.6 Å². The lowest BCUT2D eigenvalue weighted by Crippen LogP contribution is -2.40. The molecule has 40 heavy (non-hydrogen) atoms. The van der Waals surface area contributed by atoms with Gasteiger partial charge in [0.25, 0.3) is 0 Å². The summed E-state index contributed by atoms with van der Waals surface area (Å²) >= 11 is 0. The van der Waals surface area contributed by atoms with E-state index in [9.17, 15) is 15.0 Å². The topological polar surface area (TPSA) is 121 Å². The van der Waals surface area contributed by atoms with Crippen molar-refractivity contribution in [2.75, 3.05) is 23.3 Å². The van der Waals surface area contributed by atoms with Gasteiger partial charge in [0.05, 0.1) is 36.2 Å². The molecule has 1 saturated heterocycles. The summed E-state index contributed by atoms with van der Waals surface area (Å²) in [5.74, 6) is 1.43. The number of nitrogens with zero attached hydrogens (tertiary/aromatic N) is 4. The molecule has 0 amide bonds. The molecule has 1 aliphatic carbocycles. The lowest BCUT2D eigenvalue weighted by atomic mass is 9.85. The van der Waals surface area contributed by atoms with Gasteiger partial charge in [-0.25, -0.2) is 4.98 Å². The van der Waals surface area contributed by atoms with Crippen molar-refractivity contribution in [3.63, 3.8) is 0 Å². The molecule has 3 N–H and O–H groups in total. The Morgan fingerprint density at radius 3 is 2.83 bits per heavy atom. The highest BCUT2D eigenvalue weighted by molar-refractivity contribution is 5.74. The molecule has 1 unspecified atom stereocenters. The molecule has 2 aromatic heterocycles. The van der Waals surface area contributed by atoms with Crippen LogP contribution in [0.3, 0.4) is 0 Å². The van der Waals surface area contributed by atoms with E-state index < -0.39 is 11.4 Å². The molecule has 5 rings (SSSR count). The summed E-state index contributed by atoms with van der Waals surface area (Å²) in [7, 11) is 0. The minimum atomic E-state index is -0.851. The van der Waals surface area contributed by atoms with Crippen LogP contribution in [0, 0.1) is 5.41 Å². The summed E-state index contributed by atoms with van der Waals surface area (Å²) in [5, 5.41) is 23.0. The Kier molecular flexibility index (Phi) is 8.00. The van der Waals surface area contributed by atoms with E-state index in [1.165, 1.54) is 0 Å². The third-order valence-electron chi connectivity index (χ3n) is 7.22. The highest BCUT2D eigenvalue weighted by atomic mass is 16.5. The lowest BCUT2D eigenvalue weighted by molar-refractivity contribution is -0.146. The van der Waals surface area contributed by atoms with Gasteiger partial charge in [0.1, 0.15) is 17.7 Å². The largest absolute Gasteiger partial charge is 0.508 e. The van der Waals surface area contributed by atoms with E-state index in [0.29, 0.717) is 36.7 Å². The molecule has 0 saturated carbocycles.